The maximum absolute atomic E-state index is 4.11. The molecular formula is C11H22. The molecular weight excluding hydrogens is 132 g/mol. The standard InChI is InChI=1S/C11H22/c1-5-7-9-11(4)10(3)8-6-2/h10H,4-9H2,1-3H3. The third-order valence-electron chi connectivity index (χ3n) is 2.27. The first-order valence-electron chi connectivity index (χ1n) is 4.90. The lowest BCUT2D eigenvalue weighted by atomic mass is 9.94. The molecule has 0 rings (SSSR count). The highest BCUT2D eigenvalue weighted by Gasteiger charge is 2.03. The first-order valence-corrected chi connectivity index (χ1v) is 4.90. The van der Waals surface area contributed by atoms with Crippen LogP contribution in [0.25, 0.3) is 0 Å². The van der Waals surface area contributed by atoms with Crippen LogP contribution in [0.4, 0.5) is 0 Å². The van der Waals surface area contributed by atoms with Crippen LogP contribution < -0.4 is 0 Å². The van der Waals surface area contributed by atoms with E-state index < -0.39 is 0 Å². The normalized spacial score (nSPS) is 13.0. The number of hydrogen-bond donors (Lipinski definition) is 0. The summed E-state index contributed by atoms with van der Waals surface area (Å²) in [6.07, 6.45) is 6.43. The Morgan fingerprint density at radius 3 is 2.36 bits per heavy atom. The van der Waals surface area contributed by atoms with Crippen molar-refractivity contribution in [1.29, 1.82) is 0 Å². The van der Waals surface area contributed by atoms with Crippen molar-refractivity contribution in [2.45, 2.75) is 52.9 Å². The predicted molar refractivity (Wildman–Crippen MR) is 52.7 cm³/mol. The third kappa shape index (κ3) is 5.06. The molecule has 0 radical (unpaired) electrons. The van der Waals surface area contributed by atoms with Crippen molar-refractivity contribution in [3.63, 3.8) is 0 Å². The molecule has 0 amide bonds. The highest BCUT2D eigenvalue weighted by Crippen LogP contribution is 2.19. The maximum atomic E-state index is 4.11. The number of rotatable bonds is 6. The first kappa shape index (κ1) is 10.7. The van der Waals surface area contributed by atoms with Gasteiger partial charge in [0.2, 0.25) is 0 Å². The van der Waals surface area contributed by atoms with E-state index in [1.54, 1.807) is 0 Å². The van der Waals surface area contributed by atoms with Gasteiger partial charge in [-0.3, -0.25) is 0 Å². The van der Waals surface area contributed by atoms with Gasteiger partial charge in [-0.1, -0.05) is 45.8 Å². The minimum absolute atomic E-state index is 0.742. The number of hydrogen-bond acceptors (Lipinski definition) is 0. The average molecular weight is 154 g/mol. The van der Waals surface area contributed by atoms with Gasteiger partial charge >= 0.3 is 0 Å². The third-order valence-corrected chi connectivity index (χ3v) is 2.27. The lowest BCUT2D eigenvalue weighted by molar-refractivity contribution is 0.570. The Labute approximate surface area is 71.7 Å². The Morgan fingerprint density at radius 2 is 1.91 bits per heavy atom. The van der Waals surface area contributed by atoms with Gasteiger partial charge in [-0.2, -0.15) is 0 Å². The van der Waals surface area contributed by atoms with Gasteiger partial charge in [0.15, 0.2) is 0 Å². The van der Waals surface area contributed by atoms with Gasteiger partial charge in [-0.25, -0.2) is 0 Å². The SMILES string of the molecule is C=C(CCCC)C(C)CCC. The molecule has 1 unspecified atom stereocenters. The highest BCUT2D eigenvalue weighted by molar-refractivity contribution is 4.98. The maximum Gasteiger partial charge on any atom is -0.0234 e. The van der Waals surface area contributed by atoms with E-state index in [9.17, 15) is 0 Å². The second-order valence-corrected chi connectivity index (χ2v) is 3.45. The summed E-state index contributed by atoms with van der Waals surface area (Å²) >= 11 is 0. The molecule has 0 aromatic rings. The minimum atomic E-state index is 0.742. The first-order chi connectivity index (χ1) is 5.22. The fourth-order valence-electron chi connectivity index (χ4n) is 1.29. The molecule has 0 aliphatic rings. The molecule has 1 atom stereocenters. The van der Waals surface area contributed by atoms with Gasteiger partial charge < -0.3 is 0 Å². The van der Waals surface area contributed by atoms with Gasteiger partial charge in [0.25, 0.3) is 0 Å². The number of allylic oxidation sites excluding steroid dienone is 1. The molecule has 11 heavy (non-hydrogen) atoms. The molecule has 0 N–H and O–H groups in total. The lowest BCUT2D eigenvalue weighted by Crippen LogP contribution is -1.97. The Morgan fingerprint density at radius 1 is 1.27 bits per heavy atom. The van der Waals surface area contributed by atoms with Crippen molar-refractivity contribution in [2.75, 3.05) is 0 Å². The van der Waals surface area contributed by atoms with E-state index in [-0.39, 0.29) is 0 Å². The zero-order chi connectivity index (χ0) is 8.69. The van der Waals surface area contributed by atoms with E-state index in [4.69, 9.17) is 0 Å². The Bertz CT molecular complexity index is 103. The van der Waals surface area contributed by atoms with Crippen LogP contribution in [-0.4, -0.2) is 0 Å². The molecule has 66 valence electrons. The van der Waals surface area contributed by atoms with Crippen LogP contribution in [0.15, 0.2) is 12.2 Å². The smallest absolute Gasteiger partial charge is 0.0234 e. The summed E-state index contributed by atoms with van der Waals surface area (Å²) < 4.78 is 0. The van der Waals surface area contributed by atoms with Gasteiger partial charge in [0, 0.05) is 0 Å². The predicted octanol–water partition coefficient (Wildman–Crippen LogP) is 4.17. The summed E-state index contributed by atoms with van der Waals surface area (Å²) in [4.78, 5) is 0. The highest BCUT2D eigenvalue weighted by atomic mass is 14.1. The zero-order valence-corrected chi connectivity index (χ0v) is 8.32. The van der Waals surface area contributed by atoms with Crippen LogP contribution in [-0.2, 0) is 0 Å². The van der Waals surface area contributed by atoms with E-state index in [0.717, 1.165) is 5.92 Å². The topological polar surface area (TPSA) is 0 Å². The monoisotopic (exact) mass is 154 g/mol. The van der Waals surface area contributed by atoms with Gasteiger partial charge in [0.05, 0.1) is 0 Å². The fraction of sp³-hybridized carbons (Fsp3) is 0.818. The van der Waals surface area contributed by atoms with Crippen molar-refractivity contribution in [3.8, 4) is 0 Å². The molecule has 0 saturated heterocycles. The van der Waals surface area contributed by atoms with Crippen LogP contribution in [0.3, 0.4) is 0 Å². The molecule has 0 heteroatoms. The molecule has 0 heterocycles. The summed E-state index contributed by atoms with van der Waals surface area (Å²) in [7, 11) is 0. The quantitative estimate of drug-likeness (QED) is 0.504. The van der Waals surface area contributed by atoms with E-state index in [0.29, 0.717) is 0 Å². The van der Waals surface area contributed by atoms with Crippen molar-refractivity contribution in [1.82, 2.24) is 0 Å². The van der Waals surface area contributed by atoms with E-state index in [1.165, 1.54) is 37.7 Å². The van der Waals surface area contributed by atoms with Crippen molar-refractivity contribution < 1.29 is 0 Å². The second-order valence-electron chi connectivity index (χ2n) is 3.45. The summed E-state index contributed by atoms with van der Waals surface area (Å²) in [6.45, 7) is 10.9. The molecule has 0 aliphatic heterocycles. The molecule has 0 nitrogen and oxygen atoms in total. The van der Waals surface area contributed by atoms with Crippen molar-refractivity contribution in [3.05, 3.63) is 12.2 Å². The van der Waals surface area contributed by atoms with Crippen molar-refractivity contribution >= 4 is 0 Å². The molecule has 0 fully saturated rings. The summed E-state index contributed by atoms with van der Waals surface area (Å²) in [5.41, 5.74) is 1.45. The summed E-state index contributed by atoms with van der Waals surface area (Å²) in [6, 6.07) is 0. The Hall–Kier alpha value is -0.260. The molecule has 0 saturated carbocycles. The molecule has 0 aromatic heterocycles. The molecule has 0 aromatic carbocycles. The zero-order valence-electron chi connectivity index (χ0n) is 8.32. The Kier molecular flexibility index (Phi) is 6.30. The molecule has 0 spiro atoms. The second kappa shape index (κ2) is 6.45. The van der Waals surface area contributed by atoms with E-state index in [2.05, 4.69) is 27.4 Å². The van der Waals surface area contributed by atoms with Crippen LogP contribution in [0.1, 0.15) is 52.9 Å². The van der Waals surface area contributed by atoms with Crippen LogP contribution in [0, 0.1) is 5.92 Å². The van der Waals surface area contributed by atoms with E-state index >= 15 is 0 Å². The van der Waals surface area contributed by atoms with Crippen molar-refractivity contribution in [2.24, 2.45) is 5.92 Å². The van der Waals surface area contributed by atoms with Gasteiger partial charge in [0.1, 0.15) is 0 Å². The van der Waals surface area contributed by atoms with Crippen LogP contribution in [0.2, 0.25) is 0 Å². The number of unbranched alkanes of at least 4 members (excludes halogenated alkanes) is 1. The molecule has 0 aliphatic carbocycles. The van der Waals surface area contributed by atoms with Crippen LogP contribution >= 0.6 is 0 Å². The lowest BCUT2D eigenvalue weighted by Gasteiger charge is -2.12. The van der Waals surface area contributed by atoms with E-state index in [1.807, 2.05) is 0 Å². The fourth-order valence-corrected chi connectivity index (χ4v) is 1.29. The Balaban J connectivity index is 3.47. The minimum Gasteiger partial charge on any atom is -0.0996 e. The van der Waals surface area contributed by atoms with Gasteiger partial charge in [-0.15, -0.1) is 0 Å². The molecule has 0 bridgehead atoms. The average Bonchev–Trinajstić information content (AvgIpc) is 2.00. The largest absolute Gasteiger partial charge is 0.0996 e. The van der Waals surface area contributed by atoms with Crippen LogP contribution in [0.5, 0.6) is 0 Å². The van der Waals surface area contributed by atoms with Gasteiger partial charge in [-0.05, 0) is 25.2 Å². The summed E-state index contributed by atoms with van der Waals surface area (Å²) in [5.74, 6) is 0.742. The summed E-state index contributed by atoms with van der Waals surface area (Å²) in [5, 5.41) is 0.